The van der Waals surface area contributed by atoms with Gasteiger partial charge in [0.15, 0.2) is 5.96 Å². The standard InChI is InChI=1S/C23H40N6O2.HI/c1-4-24-23(29-10-7-21(8-11-29)31-17-5-16-30-3)26-19-20-6-9-25-22(18-20)28-14-12-27(2)13-15-28;/h6,9,18,21H,4-5,7-8,10-17,19H2,1-3H3,(H,24,26);1H. The number of likely N-dealkylation sites (N-methyl/N-ethyl adjacent to an activating group) is 1. The van der Waals surface area contributed by atoms with Crippen LogP contribution in [0.5, 0.6) is 0 Å². The second-order valence-corrected chi connectivity index (χ2v) is 8.39. The molecule has 1 N–H and O–H groups in total. The first-order valence-corrected chi connectivity index (χ1v) is 11.7. The van der Waals surface area contributed by atoms with E-state index < -0.39 is 0 Å². The first kappa shape index (κ1) is 27.1. The lowest BCUT2D eigenvalue weighted by atomic mass is 10.1. The summed E-state index contributed by atoms with van der Waals surface area (Å²) in [6, 6.07) is 4.27. The van der Waals surface area contributed by atoms with Crippen LogP contribution in [-0.4, -0.2) is 100 Å². The number of halogens is 1. The molecule has 0 spiro atoms. The van der Waals surface area contributed by atoms with Crippen molar-refractivity contribution in [2.45, 2.75) is 38.8 Å². The quantitative estimate of drug-likeness (QED) is 0.216. The average Bonchev–Trinajstić information content (AvgIpc) is 2.81. The number of aliphatic imine (C=N–C) groups is 1. The predicted octanol–water partition coefficient (Wildman–Crippen LogP) is 2.43. The molecule has 0 unspecified atom stereocenters. The van der Waals surface area contributed by atoms with E-state index in [-0.39, 0.29) is 24.0 Å². The smallest absolute Gasteiger partial charge is 0.194 e. The second kappa shape index (κ2) is 14.9. The van der Waals surface area contributed by atoms with E-state index in [1.807, 2.05) is 6.20 Å². The van der Waals surface area contributed by atoms with Crippen molar-refractivity contribution in [3.05, 3.63) is 23.9 Å². The van der Waals surface area contributed by atoms with Gasteiger partial charge in [0, 0.05) is 72.3 Å². The molecule has 0 bridgehead atoms. The van der Waals surface area contributed by atoms with E-state index in [0.717, 1.165) is 90.1 Å². The molecular formula is C23H41IN6O2. The van der Waals surface area contributed by atoms with Crippen molar-refractivity contribution in [2.75, 3.05) is 78.1 Å². The van der Waals surface area contributed by atoms with Crippen LogP contribution >= 0.6 is 24.0 Å². The summed E-state index contributed by atoms with van der Waals surface area (Å²) in [7, 11) is 3.91. The van der Waals surface area contributed by atoms with Gasteiger partial charge in [-0.2, -0.15) is 0 Å². The Morgan fingerprint density at radius 1 is 1.16 bits per heavy atom. The Kier molecular flexibility index (Phi) is 12.6. The lowest BCUT2D eigenvalue weighted by molar-refractivity contribution is 0.00990. The topological polar surface area (TPSA) is 65.5 Å². The highest BCUT2D eigenvalue weighted by atomic mass is 127. The Morgan fingerprint density at radius 3 is 2.59 bits per heavy atom. The minimum absolute atomic E-state index is 0. The van der Waals surface area contributed by atoms with Crippen molar-refractivity contribution in [1.29, 1.82) is 0 Å². The van der Waals surface area contributed by atoms with Crippen molar-refractivity contribution in [2.24, 2.45) is 4.99 Å². The molecule has 1 aromatic heterocycles. The number of ether oxygens (including phenoxy) is 2. The van der Waals surface area contributed by atoms with Gasteiger partial charge in [-0.1, -0.05) is 0 Å². The summed E-state index contributed by atoms with van der Waals surface area (Å²) in [6.45, 7) is 11.4. The van der Waals surface area contributed by atoms with Crippen LogP contribution in [0.3, 0.4) is 0 Å². The summed E-state index contributed by atoms with van der Waals surface area (Å²) in [6.07, 6.45) is 5.31. The van der Waals surface area contributed by atoms with Crippen LogP contribution in [0.4, 0.5) is 5.82 Å². The van der Waals surface area contributed by atoms with Crippen LogP contribution in [-0.2, 0) is 16.0 Å². The fourth-order valence-corrected chi connectivity index (χ4v) is 4.05. The maximum atomic E-state index is 6.00. The van der Waals surface area contributed by atoms with E-state index in [2.05, 4.69) is 51.1 Å². The lowest BCUT2D eigenvalue weighted by Gasteiger charge is -2.34. The summed E-state index contributed by atoms with van der Waals surface area (Å²) in [5, 5.41) is 3.47. The molecule has 2 fully saturated rings. The Labute approximate surface area is 210 Å². The molecular weight excluding hydrogens is 519 g/mol. The number of hydrogen-bond donors (Lipinski definition) is 1. The normalized spacial score (nSPS) is 18.5. The third-order valence-corrected chi connectivity index (χ3v) is 5.97. The predicted molar refractivity (Wildman–Crippen MR) is 141 cm³/mol. The van der Waals surface area contributed by atoms with Gasteiger partial charge >= 0.3 is 0 Å². The van der Waals surface area contributed by atoms with Crippen molar-refractivity contribution >= 4 is 35.8 Å². The molecule has 182 valence electrons. The van der Waals surface area contributed by atoms with E-state index in [1.54, 1.807) is 7.11 Å². The molecule has 1 aromatic rings. The SMILES string of the molecule is CCNC(=NCc1ccnc(N2CCN(C)CC2)c1)N1CCC(OCCCOC)CC1.I. The van der Waals surface area contributed by atoms with Gasteiger partial charge in [0.25, 0.3) is 0 Å². The Morgan fingerprint density at radius 2 is 1.91 bits per heavy atom. The van der Waals surface area contributed by atoms with Crippen molar-refractivity contribution in [1.82, 2.24) is 20.1 Å². The number of rotatable bonds is 9. The number of hydrogen-bond acceptors (Lipinski definition) is 6. The van der Waals surface area contributed by atoms with E-state index in [4.69, 9.17) is 14.5 Å². The molecule has 0 aromatic carbocycles. The van der Waals surface area contributed by atoms with Crippen LogP contribution in [0.25, 0.3) is 0 Å². The monoisotopic (exact) mass is 560 g/mol. The summed E-state index contributed by atoms with van der Waals surface area (Å²) in [5.41, 5.74) is 1.20. The van der Waals surface area contributed by atoms with Gasteiger partial charge < -0.3 is 29.5 Å². The molecule has 2 aliphatic rings. The number of aromatic nitrogens is 1. The van der Waals surface area contributed by atoms with Crippen molar-refractivity contribution < 1.29 is 9.47 Å². The molecule has 2 saturated heterocycles. The Hall–Kier alpha value is -1.17. The summed E-state index contributed by atoms with van der Waals surface area (Å²) >= 11 is 0. The van der Waals surface area contributed by atoms with Gasteiger partial charge in [0.05, 0.1) is 12.6 Å². The Balaban J connectivity index is 0.00000363. The number of methoxy groups -OCH3 is 1. The molecule has 32 heavy (non-hydrogen) atoms. The summed E-state index contributed by atoms with van der Waals surface area (Å²) in [5.74, 6) is 2.07. The summed E-state index contributed by atoms with van der Waals surface area (Å²) in [4.78, 5) is 16.6. The zero-order chi connectivity index (χ0) is 21.9. The fourth-order valence-electron chi connectivity index (χ4n) is 4.05. The molecule has 9 heteroatoms. The van der Waals surface area contributed by atoms with Gasteiger partial charge in [-0.25, -0.2) is 9.98 Å². The number of nitrogens with one attached hydrogen (secondary N) is 1. The zero-order valence-electron chi connectivity index (χ0n) is 20.0. The number of guanidine groups is 1. The largest absolute Gasteiger partial charge is 0.385 e. The van der Waals surface area contributed by atoms with Crippen LogP contribution in [0, 0.1) is 0 Å². The highest BCUT2D eigenvalue weighted by Gasteiger charge is 2.22. The third-order valence-electron chi connectivity index (χ3n) is 5.97. The fraction of sp³-hybridized carbons (Fsp3) is 0.739. The van der Waals surface area contributed by atoms with Crippen molar-refractivity contribution in [3.8, 4) is 0 Å². The average molecular weight is 561 g/mol. The minimum Gasteiger partial charge on any atom is -0.385 e. The number of pyridine rings is 1. The molecule has 0 amide bonds. The first-order chi connectivity index (χ1) is 15.2. The molecule has 3 heterocycles. The van der Waals surface area contributed by atoms with Crippen LogP contribution in [0.15, 0.2) is 23.3 Å². The molecule has 2 aliphatic heterocycles. The second-order valence-electron chi connectivity index (χ2n) is 8.39. The highest BCUT2D eigenvalue weighted by Crippen LogP contribution is 2.17. The Bertz CT molecular complexity index is 676. The summed E-state index contributed by atoms with van der Waals surface area (Å²) < 4.78 is 11.1. The number of nitrogens with zero attached hydrogens (tertiary/aromatic N) is 5. The van der Waals surface area contributed by atoms with Crippen LogP contribution < -0.4 is 10.2 Å². The van der Waals surface area contributed by atoms with E-state index >= 15 is 0 Å². The van der Waals surface area contributed by atoms with Crippen molar-refractivity contribution in [3.63, 3.8) is 0 Å². The zero-order valence-corrected chi connectivity index (χ0v) is 22.3. The van der Waals surface area contributed by atoms with Gasteiger partial charge in [-0.3, -0.25) is 0 Å². The number of piperazine rings is 1. The minimum atomic E-state index is 0. The van der Waals surface area contributed by atoms with Crippen LogP contribution in [0.2, 0.25) is 0 Å². The van der Waals surface area contributed by atoms with Gasteiger partial charge in [-0.05, 0) is 50.9 Å². The maximum absolute atomic E-state index is 6.00. The molecule has 0 radical (unpaired) electrons. The molecule has 3 rings (SSSR count). The molecule has 0 saturated carbocycles. The molecule has 8 nitrogen and oxygen atoms in total. The van der Waals surface area contributed by atoms with Crippen LogP contribution in [0.1, 0.15) is 31.7 Å². The van der Waals surface area contributed by atoms with Gasteiger partial charge in [0.1, 0.15) is 5.82 Å². The highest BCUT2D eigenvalue weighted by molar-refractivity contribution is 14.0. The molecule has 0 atom stereocenters. The third kappa shape index (κ3) is 8.64. The van der Waals surface area contributed by atoms with Gasteiger partial charge in [0.2, 0.25) is 0 Å². The maximum Gasteiger partial charge on any atom is 0.194 e. The number of piperidine rings is 1. The van der Waals surface area contributed by atoms with E-state index in [0.29, 0.717) is 12.6 Å². The van der Waals surface area contributed by atoms with E-state index in [1.165, 1.54) is 5.56 Å². The number of likely N-dealkylation sites (tertiary alicyclic amines) is 1. The first-order valence-electron chi connectivity index (χ1n) is 11.7. The lowest BCUT2D eigenvalue weighted by Crippen LogP contribution is -2.47. The van der Waals surface area contributed by atoms with Gasteiger partial charge in [-0.15, -0.1) is 24.0 Å². The van der Waals surface area contributed by atoms with E-state index in [9.17, 15) is 0 Å². The molecule has 0 aliphatic carbocycles. The number of anilines is 1.